The number of rotatable bonds is 9. The van der Waals surface area contributed by atoms with Crippen molar-refractivity contribution < 1.29 is 14.3 Å². The van der Waals surface area contributed by atoms with Gasteiger partial charge in [-0.2, -0.15) is 0 Å². The van der Waals surface area contributed by atoms with Crippen molar-refractivity contribution in [1.29, 1.82) is 0 Å². The van der Waals surface area contributed by atoms with Gasteiger partial charge in [-0.05, 0) is 48.4 Å². The lowest BCUT2D eigenvalue weighted by Crippen LogP contribution is -2.16. The van der Waals surface area contributed by atoms with Crippen molar-refractivity contribution in [2.24, 2.45) is 0 Å². The first-order valence-corrected chi connectivity index (χ1v) is 9.41. The molecule has 7 heteroatoms. The highest BCUT2D eigenvalue weighted by atomic mass is 16.5. The van der Waals surface area contributed by atoms with Crippen molar-refractivity contribution in [2.45, 2.75) is 13.3 Å². The van der Waals surface area contributed by atoms with Crippen LogP contribution in [0.2, 0.25) is 0 Å². The van der Waals surface area contributed by atoms with E-state index >= 15 is 0 Å². The summed E-state index contributed by atoms with van der Waals surface area (Å²) in [5.74, 6) is 1.81. The van der Waals surface area contributed by atoms with Gasteiger partial charge in [-0.25, -0.2) is 9.97 Å². The van der Waals surface area contributed by atoms with Crippen LogP contribution in [-0.4, -0.2) is 36.1 Å². The summed E-state index contributed by atoms with van der Waals surface area (Å²) in [5, 5.41) is 5.97. The summed E-state index contributed by atoms with van der Waals surface area (Å²) in [6.45, 7) is 3.06. The van der Waals surface area contributed by atoms with Gasteiger partial charge >= 0.3 is 0 Å². The number of carbonyl (C=O) groups excluding carboxylic acids is 1. The van der Waals surface area contributed by atoms with Crippen LogP contribution in [0.25, 0.3) is 0 Å². The van der Waals surface area contributed by atoms with E-state index < -0.39 is 0 Å². The highest BCUT2D eigenvalue weighted by Gasteiger charge is 2.09. The topological polar surface area (TPSA) is 85.4 Å². The molecule has 0 unspecified atom stereocenters. The van der Waals surface area contributed by atoms with E-state index in [1.54, 1.807) is 13.2 Å². The van der Waals surface area contributed by atoms with Gasteiger partial charge in [0.05, 0.1) is 13.7 Å². The van der Waals surface area contributed by atoms with E-state index in [2.05, 4.69) is 27.5 Å². The first-order valence-electron chi connectivity index (χ1n) is 9.41. The number of amides is 1. The molecule has 1 aromatic heterocycles. The number of aromatic nitrogens is 2. The van der Waals surface area contributed by atoms with Crippen LogP contribution < -0.4 is 20.1 Å². The quantitative estimate of drug-likeness (QED) is 0.539. The molecular formula is C22H24N4O3. The van der Waals surface area contributed by atoms with Gasteiger partial charge in [-0.1, -0.05) is 19.1 Å². The molecule has 0 aliphatic heterocycles. The van der Waals surface area contributed by atoms with Crippen LogP contribution >= 0.6 is 0 Å². The van der Waals surface area contributed by atoms with Gasteiger partial charge in [0.2, 0.25) is 0 Å². The molecule has 1 amide bonds. The summed E-state index contributed by atoms with van der Waals surface area (Å²) in [7, 11) is 1.62. The third kappa shape index (κ3) is 5.93. The van der Waals surface area contributed by atoms with Gasteiger partial charge in [0.15, 0.2) is 0 Å². The molecule has 2 aromatic carbocycles. The fraction of sp³-hybridized carbons (Fsp3) is 0.227. The SMILES string of the molecule is CCc1ccc(NC(=O)c2cc(NCCOc3ccc(OC)cc3)ncn2)cc1. The Morgan fingerprint density at radius 3 is 2.41 bits per heavy atom. The number of hydrogen-bond acceptors (Lipinski definition) is 6. The zero-order valence-electron chi connectivity index (χ0n) is 16.5. The second kappa shape index (κ2) is 10.1. The molecule has 0 aliphatic rings. The van der Waals surface area contributed by atoms with Crippen molar-refractivity contribution in [3.8, 4) is 11.5 Å². The standard InChI is InChI=1S/C22H24N4O3/c1-3-16-4-6-17(7-5-16)26-22(27)20-14-21(25-15-24-20)23-12-13-29-19-10-8-18(28-2)9-11-19/h4-11,14-15H,3,12-13H2,1-2H3,(H,26,27)(H,23,24,25). The zero-order valence-corrected chi connectivity index (χ0v) is 16.5. The maximum atomic E-state index is 12.4. The van der Waals surface area contributed by atoms with E-state index in [0.29, 0.717) is 19.0 Å². The van der Waals surface area contributed by atoms with Crippen molar-refractivity contribution >= 4 is 17.4 Å². The van der Waals surface area contributed by atoms with Crippen molar-refractivity contribution in [3.63, 3.8) is 0 Å². The average Bonchev–Trinajstić information content (AvgIpc) is 2.78. The van der Waals surface area contributed by atoms with Crippen LogP contribution in [0.4, 0.5) is 11.5 Å². The number of carbonyl (C=O) groups is 1. The second-order valence-corrected chi connectivity index (χ2v) is 6.24. The number of aryl methyl sites for hydroxylation is 1. The molecule has 0 spiro atoms. The lowest BCUT2D eigenvalue weighted by molar-refractivity contribution is 0.102. The number of nitrogens with one attached hydrogen (secondary N) is 2. The fourth-order valence-electron chi connectivity index (χ4n) is 2.62. The Balaban J connectivity index is 1.49. The first-order chi connectivity index (χ1) is 14.2. The predicted molar refractivity (Wildman–Crippen MR) is 113 cm³/mol. The normalized spacial score (nSPS) is 10.3. The minimum Gasteiger partial charge on any atom is -0.497 e. The van der Waals surface area contributed by atoms with E-state index in [4.69, 9.17) is 9.47 Å². The molecule has 0 saturated heterocycles. The highest BCUT2D eigenvalue weighted by Crippen LogP contribution is 2.17. The number of ether oxygens (including phenoxy) is 2. The molecule has 0 saturated carbocycles. The summed E-state index contributed by atoms with van der Waals surface area (Å²) in [6, 6.07) is 16.7. The summed E-state index contributed by atoms with van der Waals surface area (Å²) in [5.41, 5.74) is 2.24. The van der Waals surface area contributed by atoms with Crippen LogP contribution in [0.3, 0.4) is 0 Å². The minimum atomic E-state index is -0.283. The number of benzene rings is 2. The second-order valence-electron chi connectivity index (χ2n) is 6.24. The Morgan fingerprint density at radius 2 is 1.72 bits per heavy atom. The van der Waals surface area contributed by atoms with Crippen molar-refractivity contribution in [1.82, 2.24) is 9.97 Å². The lowest BCUT2D eigenvalue weighted by atomic mass is 10.1. The first kappa shape index (κ1) is 20.1. The molecule has 0 fully saturated rings. The third-order valence-electron chi connectivity index (χ3n) is 4.26. The molecule has 0 atom stereocenters. The van der Waals surface area contributed by atoms with Crippen LogP contribution in [0.15, 0.2) is 60.9 Å². The molecule has 29 heavy (non-hydrogen) atoms. The maximum Gasteiger partial charge on any atom is 0.274 e. The van der Waals surface area contributed by atoms with Crippen LogP contribution in [0, 0.1) is 0 Å². The van der Waals surface area contributed by atoms with E-state index in [9.17, 15) is 4.79 Å². The zero-order chi connectivity index (χ0) is 20.5. The monoisotopic (exact) mass is 392 g/mol. The number of methoxy groups -OCH3 is 1. The molecule has 7 nitrogen and oxygen atoms in total. The van der Waals surface area contributed by atoms with Crippen LogP contribution in [0.1, 0.15) is 23.0 Å². The van der Waals surface area contributed by atoms with Gasteiger partial charge < -0.3 is 20.1 Å². The Kier molecular flexibility index (Phi) is 7.00. The molecule has 150 valence electrons. The number of anilines is 2. The van der Waals surface area contributed by atoms with Gasteiger partial charge in [0, 0.05) is 11.8 Å². The van der Waals surface area contributed by atoms with Crippen LogP contribution in [-0.2, 0) is 6.42 Å². The molecule has 3 rings (SSSR count). The third-order valence-corrected chi connectivity index (χ3v) is 4.26. The molecular weight excluding hydrogens is 368 g/mol. The largest absolute Gasteiger partial charge is 0.497 e. The van der Waals surface area contributed by atoms with Crippen molar-refractivity contribution in [3.05, 3.63) is 72.2 Å². The van der Waals surface area contributed by atoms with Crippen molar-refractivity contribution in [2.75, 3.05) is 30.9 Å². The fourth-order valence-corrected chi connectivity index (χ4v) is 2.62. The summed E-state index contributed by atoms with van der Waals surface area (Å²) in [6.07, 6.45) is 2.32. The Morgan fingerprint density at radius 1 is 1.00 bits per heavy atom. The van der Waals surface area contributed by atoms with E-state index in [1.807, 2.05) is 48.5 Å². The predicted octanol–water partition coefficient (Wildman–Crippen LogP) is 3.79. The molecule has 0 radical (unpaired) electrons. The van der Waals surface area contributed by atoms with Gasteiger partial charge in [0.25, 0.3) is 5.91 Å². The molecule has 0 aliphatic carbocycles. The van der Waals surface area contributed by atoms with E-state index in [1.165, 1.54) is 11.9 Å². The Labute approximate surface area is 170 Å². The van der Waals surface area contributed by atoms with Crippen LogP contribution in [0.5, 0.6) is 11.5 Å². The summed E-state index contributed by atoms with van der Waals surface area (Å²) < 4.78 is 10.8. The number of nitrogens with zero attached hydrogens (tertiary/aromatic N) is 2. The smallest absolute Gasteiger partial charge is 0.274 e. The maximum absolute atomic E-state index is 12.4. The highest BCUT2D eigenvalue weighted by molar-refractivity contribution is 6.03. The Hall–Kier alpha value is -3.61. The van der Waals surface area contributed by atoms with E-state index in [0.717, 1.165) is 23.6 Å². The Bertz CT molecular complexity index is 928. The van der Waals surface area contributed by atoms with Gasteiger partial charge in [-0.3, -0.25) is 4.79 Å². The number of hydrogen-bond donors (Lipinski definition) is 2. The van der Waals surface area contributed by atoms with E-state index in [-0.39, 0.29) is 11.6 Å². The minimum absolute atomic E-state index is 0.283. The summed E-state index contributed by atoms with van der Waals surface area (Å²) in [4.78, 5) is 20.6. The molecule has 2 N–H and O–H groups in total. The summed E-state index contributed by atoms with van der Waals surface area (Å²) >= 11 is 0. The van der Waals surface area contributed by atoms with Gasteiger partial charge in [0.1, 0.15) is 35.9 Å². The lowest BCUT2D eigenvalue weighted by Gasteiger charge is -2.09. The molecule has 3 aromatic rings. The average molecular weight is 392 g/mol. The molecule has 1 heterocycles. The van der Waals surface area contributed by atoms with Gasteiger partial charge in [-0.15, -0.1) is 0 Å². The molecule has 0 bridgehead atoms.